The van der Waals surface area contributed by atoms with Crippen LogP contribution in [0.15, 0.2) is 21.9 Å². The van der Waals surface area contributed by atoms with E-state index in [0.29, 0.717) is 0 Å². The molecule has 0 radical (unpaired) electrons. The Hall–Kier alpha value is -1.23. The Bertz CT molecular complexity index is 647. The fourth-order valence-corrected chi connectivity index (χ4v) is 2.62. The number of fused-ring (bicyclic) bond motifs is 1. The standard InChI is InChI=1S/C13H19N3OS/c1-8(2)16-11(17)7-6-10-9(3)14-13(4,18-5)15-12(10)16/h6-8,14H,1-5H3. The highest BCUT2D eigenvalue weighted by molar-refractivity contribution is 7.99. The molecule has 1 aliphatic heterocycles. The van der Waals surface area contributed by atoms with E-state index in [9.17, 15) is 4.79 Å². The highest BCUT2D eigenvalue weighted by atomic mass is 32.2. The van der Waals surface area contributed by atoms with Gasteiger partial charge >= 0.3 is 0 Å². The first-order chi connectivity index (χ1) is 8.38. The van der Waals surface area contributed by atoms with E-state index in [4.69, 9.17) is 4.99 Å². The Balaban J connectivity index is 2.92. The number of rotatable bonds is 2. The number of nitrogens with zero attached hydrogens (tertiary/aromatic N) is 2. The Morgan fingerprint density at radius 3 is 2.67 bits per heavy atom. The summed E-state index contributed by atoms with van der Waals surface area (Å²) in [6, 6.07) is 3.57. The van der Waals surface area contributed by atoms with Crippen molar-refractivity contribution in [2.75, 3.05) is 6.26 Å². The number of aromatic nitrogens is 1. The van der Waals surface area contributed by atoms with Crippen LogP contribution in [-0.4, -0.2) is 15.8 Å². The van der Waals surface area contributed by atoms with Gasteiger partial charge in [-0.3, -0.25) is 9.36 Å². The first-order valence-corrected chi connectivity index (χ1v) is 7.26. The van der Waals surface area contributed by atoms with Gasteiger partial charge in [0.1, 0.15) is 5.49 Å². The molecule has 1 N–H and O–H groups in total. The molecule has 0 fully saturated rings. The van der Waals surface area contributed by atoms with Crippen molar-refractivity contribution in [3.63, 3.8) is 0 Å². The van der Waals surface area contributed by atoms with Crippen molar-refractivity contribution in [3.05, 3.63) is 33.2 Å². The number of hydrogen-bond donors (Lipinski definition) is 1. The van der Waals surface area contributed by atoms with Crippen LogP contribution in [0.1, 0.15) is 33.7 Å². The first-order valence-electron chi connectivity index (χ1n) is 6.03. The van der Waals surface area contributed by atoms with Crippen molar-refractivity contribution < 1.29 is 0 Å². The van der Waals surface area contributed by atoms with Crippen LogP contribution in [0.4, 0.5) is 0 Å². The Morgan fingerprint density at radius 1 is 1.44 bits per heavy atom. The van der Waals surface area contributed by atoms with Gasteiger partial charge in [0.15, 0.2) is 4.99 Å². The third-order valence-electron chi connectivity index (χ3n) is 3.16. The van der Waals surface area contributed by atoms with Crippen LogP contribution in [-0.2, 0) is 0 Å². The third kappa shape index (κ3) is 2.07. The van der Waals surface area contributed by atoms with E-state index in [1.165, 1.54) is 0 Å². The summed E-state index contributed by atoms with van der Waals surface area (Å²) in [5.74, 6) is 0. The van der Waals surface area contributed by atoms with E-state index >= 15 is 0 Å². The van der Waals surface area contributed by atoms with Crippen LogP contribution in [0.5, 0.6) is 0 Å². The monoisotopic (exact) mass is 265 g/mol. The molecule has 0 bridgehead atoms. The predicted octanol–water partition coefficient (Wildman–Crippen LogP) is 0.817. The Labute approximate surface area is 111 Å². The quantitative estimate of drug-likeness (QED) is 0.861. The van der Waals surface area contributed by atoms with Gasteiger partial charge in [0, 0.05) is 23.0 Å². The fourth-order valence-electron chi connectivity index (χ4n) is 2.19. The van der Waals surface area contributed by atoms with Gasteiger partial charge < -0.3 is 5.32 Å². The molecule has 1 aliphatic rings. The summed E-state index contributed by atoms with van der Waals surface area (Å²) in [5.41, 5.74) is 1.85. The van der Waals surface area contributed by atoms with Crippen LogP contribution in [0.2, 0.25) is 0 Å². The highest BCUT2D eigenvalue weighted by Gasteiger charge is 2.25. The molecule has 1 unspecified atom stereocenters. The first kappa shape index (κ1) is 13.2. The average Bonchev–Trinajstić information content (AvgIpc) is 2.27. The number of hydrogen-bond acceptors (Lipinski definition) is 4. The number of pyridine rings is 1. The zero-order valence-electron chi connectivity index (χ0n) is 11.4. The molecule has 0 saturated heterocycles. The second-order valence-corrected chi connectivity index (χ2v) is 6.12. The van der Waals surface area contributed by atoms with Gasteiger partial charge in [-0.25, -0.2) is 4.99 Å². The van der Waals surface area contributed by atoms with E-state index < -0.39 is 4.99 Å². The summed E-state index contributed by atoms with van der Waals surface area (Å²) in [4.78, 5) is 16.3. The topological polar surface area (TPSA) is 46.4 Å². The zero-order chi connectivity index (χ0) is 13.5. The van der Waals surface area contributed by atoms with Gasteiger partial charge in [-0.05, 0) is 40.0 Å². The lowest BCUT2D eigenvalue weighted by Crippen LogP contribution is -2.54. The SMILES string of the molecule is CSC1(C)N=c2c(ccc(=O)n2C(C)C)=C(C)N1. The molecule has 1 aromatic rings. The van der Waals surface area contributed by atoms with Gasteiger partial charge in [0.2, 0.25) is 0 Å². The lowest BCUT2D eigenvalue weighted by molar-refractivity contribution is 0.506. The minimum absolute atomic E-state index is 0.00523. The summed E-state index contributed by atoms with van der Waals surface area (Å²) >= 11 is 1.63. The Kier molecular flexibility index (Phi) is 3.27. The van der Waals surface area contributed by atoms with Crippen molar-refractivity contribution in [2.45, 2.75) is 38.7 Å². The molecule has 18 heavy (non-hydrogen) atoms. The van der Waals surface area contributed by atoms with Crippen molar-refractivity contribution in [1.29, 1.82) is 0 Å². The molecule has 1 aromatic heterocycles. The van der Waals surface area contributed by atoms with Gasteiger partial charge in [-0.2, -0.15) is 0 Å². The Morgan fingerprint density at radius 2 is 2.11 bits per heavy atom. The van der Waals surface area contributed by atoms with Crippen LogP contribution in [0.3, 0.4) is 0 Å². The maximum absolute atomic E-state index is 12.0. The summed E-state index contributed by atoms with van der Waals surface area (Å²) in [6.45, 7) is 8.05. The van der Waals surface area contributed by atoms with Gasteiger partial charge in [-0.1, -0.05) is 0 Å². The maximum Gasteiger partial charge on any atom is 0.252 e. The van der Waals surface area contributed by atoms with Crippen molar-refractivity contribution in [3.8, 4) is 0 Å². The minimum Gasteiger partial charge on any atom is -0.356 e. The molecular formula is C13H19N3OS. The van der Waals surface area contributed by atoms with Crippen LogP contribution < -0.4 is 21.6 Å². The van der Waals surface area contributed by atoms with E-state index in [0.717, 1.165) is 16.4 Å². The largest absolute Gasteiger partial charge is 0.356 e. The minimum atomic E-state index is -0.401. The highest BCUT2D eigenvalue weighted by Crippen LogP contribution is 2.22. The molecule has 0 spiro atoms. The summed E-state index contributed by atoms with van der Waals surface area (Å²) in [7, 11) is 0. The summed E-state index contributed by atoms with van der Waals surface area (Å²) < 4.78 is 1.76. The maximum atomic E-state index is 12.0. The molecule has 5 heteroatoms. The van der Waals surface area contributed by atoms with Crippen molar-refractivity contribution >= 4 is 17.5 Å². The second-order valence-electron chi connectivity index (χ2n) is 4.92. The lowest BCUT2D eigenvalue weighted by Gasteiger charge is -2.29. The fraction of sp³-hybridized carbons (Fsp3) is 0.538. The summed E-state index contributed by atoms with van der Waals surface area (Å²) in [5, 5.41) is 4.39. The number of nitrogens with one attached hydrogen (secondary N) is 1. The average molecular weight is 265 g/mol. The molecule has 0 saturated carbocycles. The van der Waals surface area contributed by atoms with Crippen LogP contribution in [0, 0.1) is 0 Å². The molecular weight excluding hydrogens is 246 g/mol. The third-order valence-corrected chi connectivity index (χ3v) is 4.14. The lowest BCUT2D eigenvalue weighted by atomic mass is 10.2. The normalized spacial score (nSPS) is 22.4. The molecule has 1 atom stereocenters. The molecule has 0 amide bonds. The smallest absolute Gasteiger partial charge is 0.252 e. The zero-order valence-corrected chi connectivity index (χ0v) is 12.3. The molecule has 0 aliphatic carbocycles. The predicted molar refractivity (Wildman–Crippen MR) is 76.0 cm³/mol. The number of thioether (sulfide) groups is 1. The van der Waals surface area contributed by atoms with E-state index in [2.05, 4.69) is 5.32 Å². The molecule has 0 aromatic carbocycles. The van der Waals surface area contributed by atoms with Gasteiger partial charge in [0.05, 0.1) is 0 Å². The molecule has 4 nitrogen and oxygen atoms in total. The van der Waals surface area contributed by atoms with Crippen LogP contribution in [0.25, 0.3) is 5.70 Å². The van der Waals surface area contributed by atoms with E-state index in [1.54, 1.807) is 22.4 Å². The van der Waals surface area contributed by atoms with Crippen molar-refractivity contribution in [1.82, 2.24) is 9.88 Å². The molecule has 98 valence electrons. The van der Waals surface area contributed by atoms with E-state index in [1.807, 2.05) is 40.0 Å². The second kappa shape index (κ2) is 4.46. The van der Waals surface area contributed by atoms with E-state index in [-0.39, 0.29) is 11.6 Å². The molecule has 2 heterocycles. The van der Waals surface area contributed by atoms with Crippen molar-refractivity contribution in [2.24, 2.45) is 4.99 Å². The summed E-state index contributed by atoms with van der Waals surface area (Å²) in [6.07, 6.45) is 2.01. The van der Waals surface area contributed by atoms with Gasteiger partial charge in [0.25, 0.3) is 5.56 Å². The van der Waals surface area contributed by atoms with Gasteiger partial charge in [-0.15, -0.1) is 11.8 Å². The van der Waals surface area contributed by atoms with Crippen LogP contribution >= 0.6 is 11.8 Å². The molecule has 2 rings (SSSR count).